The van der Waals surface area contributed by atoms with Crippen LogP contribution in [0.25, 0.3) is 0 Å². The van der Waals surface area contributed by atoms with Gasteiger partial charge in [-0.25, -0.2) is 0 Å². The summed E-state index contributed by atoms with van der Waals surface area (Å²) >= 11 is 0. The van der Waals surface area contributed by atoms with Crippen LogP contribution in [0.5, 0.6) is 0 Å². The number of hydrogen-bond donors (Lipinski definition) is 1. The second-order valence-electron chi connectivity index (χ2n) is 6.54. The van der Waals surface area contributed by atoms with Gasteiger partial charge in [0.1, 0.15) is 0 Å². The monoisotopic (exact) mass is 270 g/mol. The Labute approximate surface area is 120 Å². The molecule has 0 radical (unpaired) electrons. The molecule has 0 spiro atoms. The van der Waals surface area contributed by atoms with Crippen LogP contribution in [0.1, 0.15) is 30.4 Å². The number of fused-ring (bicyclic) bond motifs is 3. The molecule has 1 aliphatic heterocycles. The van der Waals surface area contributed by atoms with Gasteiger partial charge in [-0.1, -0.05) is 24.3 Å². The zero-order valence-electron chi connectivity index (χ0n) is 12.0. The van der Waals surface area contributed by atoms with Crippen LogP contribution in [0.2, 0.25) is 0 Å². The summed E-state index contributed by atoms with van der Waals surface area (Å²) in [4.78, 5) is 15.0. The molecule has 1 saturated carbocycles. The Kier molecular flexibility index (Phi) is 2.84. The Balaban J connectivity index is 1.56. The maximum atomic E-state index is 12.8. The molecule has 1 N–H and O–H groups in total. The van der Waals surface area contributed by atoms with Gasteiger partial charge in [-0.15, -0.1) is 0 Å². The van der Waals surface area contributed by atoms with Crippen molar-refractivity contribution in [1.82, 2.24) is 10.2 Å². The fraction of sp³-hybridized carbons (Fsp3) is 0.588. The number of nitrogens with zero attached hydrogens (tertiary/aromatic N) is 1. The number of carbonyl (C=O) groups is 1. The predicted molar refractivity (Wildman–Crippen MR) is 78.5 cm³/mol. The highest BCUT2D eigenvalue weighted by Crippen LogP contribution is 2.60. The Morgan fingerprint density at radius 1 is 1.35 bits per heavy atom. The quantitative estimate of drug-likeness (QED) is 0.843. The second-order valence-corrected chi connectivity index (χ2v) is 6.54. The normalized spacial score (nSPS) is 35.1. The lowest BCUT2D eigenvalue weighted by Crippen LogP contribution is -2.52. The smallest absolute Gasteiger partial charge is 0.226 e. The summed E-state index contributed by atoms with van der Waals surface area (Å²) in [5.41, 5.74) is 2.92. The predicted octanol–water partition coefficient (Wildman–Crippen LogP) is 1.78. The van der Waals surface area contributed by atoms with E-state index in [0.717, 1.165) is 26.1 Å². The molecule has 3 unspecified atom stereocenters. The standard InChI is InChI=1S/C17H22N2O/c1-11-10-18-8-9-19(11)17(20)16-14-7-6-12-4-2-3-5-13(12)15(14)16/h2-5,11,14-16,18H,6-10H2,1H3/t11-,14?,15?,16?/m0/s1. The number of carbonyl (C=O) groups excluding carboxylic acids is 1. The number of hydrogen-bond acceptors (Lipinski definition) is 2. The molecule has 3 heteroatoms. The first-order chi connectivity index (χ1) is 9.77. The molecular formula is C17H22N2O. The fourth-order valence-corrected chi connectivity index (χ4v) is 4.26. The molecule has 1 heterocycles. The number of piperazine rings is 1. The van der Waals surface area contributed by atoms with Gasteiger partial charge in [0.2, 0.25) is 5.91 Å². The molecule has 4 rings (SSSR count). The third kappa shape index (κ3) is 1.80. The molecule has 0 aromatic heterocycles. The molecule has 1 saturated heterocycles. The van der Waals surface area contributed by atoms with Crippen molar-refractivity contribution in [2.45, 2.75) is 31.7 Å². The van der Waals surface area contributed by atoms with E-state index in [1.54, 1.807) is 0 Å². The molecular weight excluding hydrogens is 248 g/mol. The van der Waals surface area contributed by atoms with Crippen LogP contribution in [-0.2, 0) is 11.2 Å². The first kappa shape index (κ1) is 12.4. The Morgan fingerprint density at radius 2 is 2.20 bits per heavy atom. The van der Waals surface area contributed by atoms with Gasteiger partial charge in [0, 0.05) is 31.6 Å². The highest BCUT2D eigenvalue weighted by atomic mass is 16.2. The van der Waals surface area contributed by atoms with E-state index >= 15 is 0 Å². The maximum absolute atomic E-state index is 12.8. The second kappa shape index (κ2) is 4.59. The summed E-state index contributed by atoms with van der Waals surface area (Å²) in [6.07, 6.45) is 2.34. The van der Waals surface area contributed by atoms with Crippen molar-refractivity contribution in [2.75, 3.05) is 19.6 Å². The van der Waals surface area contributed by atoms with Crippen LogP contribution in [0, 0.1) is 11.8 Å². The molecule has 3 aliphatic rings. The van der Waals surface area contributed by atoms with Crippen LogP contribution in [0.15, 0.2) is 24.3 Å². The largest absolute Gasteiger partial charge is 0.337 e. The third-order valence-electron chi connectivity index (χ3n) is 5.40. The fourth-order valence-electron chi connectivity index (χ4n) is 4.26. The minimum atomic E-state index is 0.263. The molecule has 2 fully saturated rings. The van der Waals surface area contributed by atoms with Crippen LogP contribution in [-0.4, -0.2) is 36.5 Å². The highest BCUT2D eigenvalue weighted by molar-refractivity contribution is 5.84. The SMILES string of the molecule is C[C@H]1CNCCN1C(=O)C1C2CCc3ccccc3C21. The van der Waals surface area contributed by atoms with Crippen molar-refractivity contribution >= 4 is 5.91 Å². The van der Waals surface area contributed by atoms with Crippen molar-refractivity contribution in [2.24, 2.45) is 11.8 Å². The van der Waals surface area contributed by atoms with Gasteiger partial charge < -0.3 is 10.2 Å². The Bertz CT molecular complexity index is 542. The first-order valence-corrected chi connectivity index (χ1v) is 7.86. The van der Waals surface area contributed by atoms with Gasteiger partial charge in [-0.3, -0.25) is 4.79 Å². The van der Waals surface area contributed by atoms with Crippen LogP contribution in [0.4, 0.5) is 0 Å². The van der Waals surface area contributed by atoms with Crippen molar-refractivity contribution < 1.29 is 4.79 Å². The minimum Gasteiger partial charge on any atom is -0.337 e. The maximum Gasteiger partial charge on any atom is 0.226 e. The summed E-state index contributed by atoms with van der Waals surface area (Å²) in [6, 6.07) is 9.05. The van der Waals surface area contributed by atoms with Crippen molar-refractivity contribution in [3.63, 3.8) is 0 Å². The van der Waals surface area contributed by atoms with E-state index in [9.17, 15) is 4.79 Å². The van der Waals surface area contributed by atoms with Crippen molar-refractivity contribution in [3.8, 4) is 0 Å². The number of rotatable bonds is 1. The molecule has 2 aliphatic carbocycles. The summed E-state index contributed by atoms with van der Waals surface area (Å²) in [6.45, 7) is 4.90. The Morgan fingerprint density at radius 3 is 3.05 bits per heavy atom. The van der Waals surface area contributed by atoms with Gasteiger partial charge in [0.25, 0.3) is 0 Å². The average molecular weight is 270 g/mol. The Hall–Kier alpha value is -1.35. The van der Waals surface area contributed by atoms with Crippen LogP contribution >= 0.6 is 0 Å². The van der Waals surface area contributed by atoms with E-state index in [-0.39, 0.29) is 5.92 Å². The third-order valence-corrected chi connectivity index (χ3v) is 5.40. The molecule has 1 aromatic rings. The average Bonchev–Trinajstić information content (AvgIpc) is 3.22. The van der Waals surface area contributed by atoms with E-state index in [1.807, 2.05) is 0 Å². The lowest BCUT2D eigenvalue weighted by atomic mass is 9.92. The molecule has 1 amide bonds. The van der Waals surface area contributed by atoms with Gasteiger partial charge >= 0.3 is 0 Å². The molecule has 3 nitrogen and oxygen atoms in total. The van der Waals surface area contributed by atoms with Crippen LogP contribution in [0.3, 0.4) is 0 Å². The van der Waals surface area contributed by atoms with E-state index in [0.29, 0.717) is 23.8 Å². The van der Waals surface area contributed by atoms with Crippen molar-refractivity contribution in [1.29, 1.82) is 0 Å². The van der Waals surface area contributed by atoms with E-state index < -0.39 is 0 Å². The van der Waals surface area contributed by atoms with Gasteiger partial charge in [-0.2, -0.15) is 0 Å². The number of benzene rings is 1. The van der Waals surface area contributed by atoms with Crippen molar-refractivity contribution in [3.05, 3.63) is 35.4 Å². The van der Waals surface area contributed by atoms with Gasteiger partial charge in [-0.05, 0) is 42.7 Å². The van der Waals surface area contributed by atoms with E-state index in [1.165, 1.54) is 17.5 Å². The lowest BCUT2D eigenvalue weighted by Gasteiger charge is -2.34. The molecule has 106 valence electrons. The number of amides is 1. The van der Waals surface area contributed by atoms with E-state index in [4.69, 9.17) is 0 Å². The van der Waals surface area contributed by atoms with Crippen LogP contribution < -0.4 is 5.32 Å². The molecule has 20 heavy (non-hydrogen) atoms. The van der Waals surface area contributed by atoms with Gasteiger partial charge in [0.15, 0.2) is 0 Å². The molecule has 1 aromatic carbocycles. The molecule has 0 bridgehead atoms. The number of nitrogens with one attached hydrogen (secondary N) is 1. The first-order valence-electron chi connectivity index (χ1n) is 7.86. The number of aryl methyl sites for hydroxylation is 1. The topological polar surface area (TPSA) is 32.3 Å². The summed E-state index contributed by atoms with van der Waals surface area (Å²) in [5.74, 6) is 1.79. The van der Waals surface area contributed by atoms with E-state index in [2.05, 4.69) is 41.4 Å². The van der Waals surface area contributed by atoms with Gasteiger partial charge in [0.05, 0.1) is 0 Å². The summed E-state index contributed by atoms with van der Waals surface area (Å²) in [5, 5.41) is 3.36. The minimum absolute atomic E-state index is 0.263. The summed E-state index contributed by atoms with van der Waals surface area (Å²) in [7, 11) is 0. The lowest BCUT2D eigenvalue weighted by molar-refractivity contribution is -0.135. The molecule has 4 atom stereocenters. The zero-order valence-corrected chi connectivity index (χ0v) is 12.0. The summed E-state index contributed by atoms with van der Waals surface area (Å²) < 4.78 is 0. The highest BCUT2D eigenvalue weighted by Gasteiger charge is 2.58. The zero-order chi connectivity index (χ0) is 13.7.